The van der Waals surface area contributed by atoms with E-state index in [4.69, 9.17) is 23.2 Å². The summed E-state index contributed by atoms with van der Waals surface area (Å²) >= 11 is 10.8. The normalized spacial score (nSPS) is 9.00. The molecule has 0 aliphatic rings. The van der Waals surface area contributed by atoms with Crippen molar-refractivity contribution in [1.82, 2.24) is 9.97 Å². The highest BCUT2D eigenvalue weighted by Crippen LogP contribution is 2.07. The second kappa shape index (κ2) is 6.38. The van der Waals surface area contributed by atoms with E-state index in [0.717, 1.165) is 0 Å². The van der Waals surface area contributed by atoms with E-state index in [0.29, 0.717) is 10.3 Å². The van der Waals surface area contributed by atoms with Crippen molar-refractivity contribution < 1.29 is 0 Å². The maximum atomic E-state index is 5.41. The van der Waals surface area contributed by atoms with Gasteiger partial charge in [-0.15, -0.1) is 0 Å². The number of benzene rings is 1. The molecule has 0 aliphatic heterocycles. The number of hydrogen-bond donors (Lipinski definition) is 0. The summed E-state index contributed by atoms with van der Waals surface area (Å²) in [4.78, 5) is 7.22. The number of aromatic nitrogens is 2. The molecule has 0 atom stereocenters. The van der Waals surface area contributed by atoms with Gasteiger partial charge < -0.3 is 0 Å². The first-order valence-corrected chi connectivity index (χ1v) is 5.09. The van der Waals surface area contributed by atoms with Gasteiger partial charge in [-0.25, -0.2) is 9.97 Å². The Hall–Kier alpha value is -1.12. The van der Waals surface area contributed by atoms with Crippen molar-refractivity contribution in [3.63, 3.8) is 0 Å². The fourth-order valence-electron chi connectivity index (χ4n) is 0.846. The van der Waals surface area contributed by atoms with Gasteiger partial charge in [0, 0.05) is 6.07 Å². The summed E-state index contributed by atoms with van der Waals surface area (Å²) in [6.07, 6.45) is 1.31. The van der Waals surface area contributed by atoms with Crippen LogP contribution in [0.15, 0.2) is 42.7 Å². The Morgan fingerprint density at radius 2 is 1.47 bits per heavy atom. The monoisotopic (exact) mass is 240 g/mol. The Kier molecular flexibility index (Phi) is 5.08. The number of rotatable bonds is 0. The van der Waals surface area contributed by atoms with Gasteiger partial charge in [-0.05, 0) is 6.92 Å². The summed E-state index contributed by atoms with van der Waals surface area (Å²) in [6, 6.07) is 11.7. The molecule has 0 saturated heterocycles. The van der Waals surface area contributed by atoms with Gasteiger partial charge in [-0.2, -0.15) is 0 Å². The van der Waals surface area contributed by atoms with Crippen molar-refractivity contribution in [3.05, 3.63) is 58.6 Å². The molecule has 1 aromatic carbocycles. The van der Waals surface area contributed by atoms with Gasteiger partial charge in [0.05, 0.1) is 0 Å². The molecule has 0 aliphatic carbocycles. The lowest BCUT2D eigenvalue weighted by atomic mass is 10.2. The summed E-state index contributed by atoms with van der Waals surface area (Å²) in [6.45, 7) is 2.08. The molecule has 0 bridgehead atoms. The van der Waals surface area contributed by atoms with Gasteiger partial charge in [-0.1, -0.05) is 59.1 Å². The van der Waals surface area contributed by atoms with E-state index < -0.39 is 0 Å². The molecular weight excluding hydrogens is 231 g/mol. The Labute approximate surface area is 98.9 Å². The number of nitrogens with zero attached hydrogens (tertiary/aromatic N) is 2. The molecule has 2 rings (SSSR count). The highest BCUT2D eigenvalue weighted by atomic mass is 35.5. The minimum atomic E-state index is 0.366. The van der Waals surface area contributed by atoms with Crippen LogP contribution in [-0.2, 0) is 0 Å². The topological polar surface area (TPSA) is 25.8 Å². The van der Waals surface area contributed by atoms with Gasteiger partial charge in [0.15, 0.2) is 0 Å². The van der Waals surface area contributed by atoms with Gasteiger partial charge >= 0.3 is 0 Å². The van der Waals surface area contributed by atoms with E-state index in [1.807, 2.05) is 18.2 Å². The molecule has 0 N–H and O–H groups in total. The largest absolute Gasteiger partial charge is 0.225 e. The van der Waals surface area contributed by atoms with Crippen LogP contribution >= 0.6 is 23.2 Å². The van der Waals surface area contributed by atoms with Crippen LogP contribution in [0, 0.1) is 6.92 Å². The summed E-state index contributed by atoms with van der Waals surface area (Å²) < 4.78 is 0. The second-order valence-corrected chi connectivity index (χ2v) is 3.59. The van der Waals surface area contributed by atoms with E-state index in [2.05, 4.69) is 29.0 Å². The Morgan fingerprint density at radius 3 is 1.73 bits per heavy atom. The molecule has 0 unspecified atom stereocenters. The van der Waals surface area contributed by atoms with Crippen molar-refractivity contribution in [3.8, 4) is 0 Å². The minimum absolute atomic E-state index is 0.366. The molecule has 0 amide bonds. The third kappa shape index (κ3) is 5.35. The second-order valence-electron chi connectivity index (χ2n) is 2.82. The van der Waals surface area contributed by atoms with Crippen molar-refractivity contribution in [1.29, 1.82) is 0 Å². The molecule has 1 heterocycles. The maximum Gasteiger partial charge on any atom is 0.133 e. The van der Waals surface area contributed by atoms with Gasteiger partial charge in [0.1, 0.15) is 16.6 Å². The van der Waals surface area contributed by atoms with Gasteiger partial charge in [-0.3, -0.25) is 0 Å². The van der Waals surface area contributed by atoms with Crippen LogP contribution in [0.25, 0.3) is 0 Å². The SMILES string of the molecule is Cc1ccccc1.Clc1cc(Cl)ncn1. The van der Waals surface area contributed by atoms with Crippen LogP contribution in [0.4, 0.5) is 0 Å². The van der Waals surface area contributed by atoms with E-state index in [1.54, 1.807) is 0 Å². The predicted molar refractivity (Wildman–Crippen MR) is 63.2 cm³/mol. The molecule has 0 spiro atoms. The van der Waals surface area contributed by atoms with Crippen LogP contribution in [0.3, 0.4) is 0 Å². The lowest BCUT2D eigenvalue weighted by molar-refractivity contribution is 1.17. The number of hydrogen-bond acceptors (Lipinski definition) is 2. The van der Waals surface area contributed by atoms with Crippen LogP contribution in [0.5, 0.6) is 0 Å². The maximum absolute atomic E-state index is 5.41. The number of halogens is 2. The molecule has 78 valence electrons. The van der Waals surface area contributed by atoms with Crippen LogP contribution in [0.1, 0.15) is 5.56 Å². The molecule has 0 fully saturated rings. The molecule has 2 aromatic rings. The van der Waals surface area contributed by atoms with Gasteiger partial charge in [0.2, 0.25) is 0 Å². The lowest BCUT2D eigenvalue weighted by Crippen LogP contribution is -1.76. The van der Waals surface area contributed by atoms with Crippen molar-refractivity contribution in [2.45, 2.75) is 6.92 Å². The van der Waals surface area contributed by atoms with E-state index in [9.17, 15) is 0 Å². The fraction of sp³-hybridized carbons (Fsp3) is 0.0909. The van der Waals surface area contributed by atoms with E-state index in [-0.39, 0.29) is 0 Å². The first-order valence-electron chi connectivity index (χ1n) is 4.33. The summed E-state index contributed by atoms with van der Waals surface area (Å²) in [5.74, 6) is 0. The summed E-state index contributed by atoms with van der Waals surface area (Å²) in [5, 5.41) is 0.731. The average Bonchev–Trinajstić information content (AvgIpc) is 2.19. The fourth-order valence-corrected chi connectivity index (χ4v) is 1.20. The molecule has 2 nitrogen and oxygen atoms in total. The van der Waals surface area contributed by atoms with E-state index >= 15 is 0 Å². The van der Waals surface area contributed by atoms with Crippen molar-refractivity contribution >= 4 is 23.2 Å². The predicted octanol–water partition coefficient (Wildman–Crippen LogP) is 3.78. The highest BCUT2D eigenvalue weighted by molar-refractivity contribution is 6.33. The quantitative estimate of drug-likeness (QED) is 0.656. The van der Waals surface area contributed by atoms with Crippen molar-refractivity contribution in [2.75, 3.05) is 0 Å². The Morgan fingerprint density at radius 1 is 0.933 bits per heavy atom. The third-order valence-electron chi connectivity index (χ3n) is 1.54. The number of aryl methyl sites for hydroxylation is 1. The molecule has 0 saturated carbocycles. The molecular formula is C11H10Cl2N2. The molecule has 0 radical (unpaired) electrons. The highest BCUT2D eigenvalue weighted by Gasteiger charge is 1.87. The first kappa shape index (κ1) is 12.0. The zero-order valence-corrected chi connectivity index (χ0v) is 9.70. The summed E-state index contributed by atoms with van der Waals surface area (Å²) in [5.41, 5.74) is 1.32. The van der Waals surface area contributed by atoms with Gasteiger partial charge in [0.25, 0.3) is 0 Å². The third-order valence-corrected chi connectivity index (χ3v) is 1.95. The zero-order valence-electron chi connectivity index (χ0n) is 8.19. The van der Waals surface area contributed by atoms with Crippen LogP contribution in [0.2, 0.25) is 10.3 Å². The van der Waals surface area contributed by atoms with Crippen molar-refractivity contribution in [2.24, 2.45) is 0 Å². The molecule has 1 aromatic heterocycles. The smallest absolute Gasteiger partial charge is 0.133 e. The van der Waals surface area contributed by atoms with E-state index in [1.165, 1.54) is 18.0 Å². The molecule has 4 heteroatoms. The molecule has 15 heavy (non-hydrogen) atoms. The zero-order chi connectivity index (χ0) is 11.1. The first-order chi connectivity index (χ1) is 7.18. The Bertz CT molecular complexity index is 387. The Balaban J connectivity index is 0.000000151. The standard InChI is InChI=1S/C7H8.C4H2Cl2N2/c1-7-5-3-2-4-6-7;5-3-1-4(6)8-2-7-3/h2-6H,1H3;1-2H. The lowest BCUT2D eigenvalue weighted by Gasteiger charge is -1.85. The summed E-state index contributed by atoms with van der Waals surface area (Å²) in [7, 11) is 0. The van der Waals surface area contributed by atoms with Crippen LogP contribution in [-0.4, -0.2) is 9.97 Å². The average molecular weight is 241 g/mol. The minimum Gasteiger partial charge on any atom is -0.225 e. The van der Waals surface area contributed by atoms with Crippen LogP contribution < -0.4 is 0 Å².